The molecule has 0 spiro atoms. The second-order valence-electron chi connectivity index (χ2n) is 6.62. The minimum Gasteiger partial charge on any atom is -0.366 e. The second kappa shape index (κ2) is 7.70. The van der Waals surface area contributed by atoms with Gasteiger partial charge < -0.3 is 25.2 Å². The normalized spacial score (nSPS) is 18.2. The van der Waals surface area contributed by atoms with Gasteiger partial charge in [0.05, 0.1) is 17.8 Å². The summed E-state index contributed by atoms with van der Waals surface area (Å²) in [6, 6.07) is 11.3. The molecule has 28 heavy (non-hydrogen) atoms. The molecule has 2 bridgehead atoms. The van der Waals surface area contributed by atoms with Gasteiger partial charge in [0.15, 0.2) is 5.82 Å². The fraction of sp³-hybridized carbons (Fsp3) is 0.368. The number of hydrogen-bond acceptors (Lipinski definition) is 8. The lowest BCUT2D eigenvalue weighted by atomic mass is 10.1. The number of aromatic nitrogens is 2. The third kappa shape index (κ3) is 3.30. The Balaban J connectivity index is 1.68. The average Bonchev–Trinajstić information content (AvgIpc) is 3.16. The summed E-state index contributed by atoms with van der Waals surface area (Å²) in [5.74, 6) is 1.01. The molecule has 2 N–H and O–H groups in total. The Hall–Kier alpha value is -3.38. The molecule has 2 atom stereocenters. The summed E-state index contributed by atoms with van der Waals surface area (Å²) < 4.78 is 5.74. The lowest BCUT2D eigenvalue weighted by Gasteiger charge is -2.41. The largest absolute Gasteiger partial charge is 0.366 e. The number of pyridine rings is 2. The van der Waals surface area contributed by atoms with Crippen LogP contribution in [0, 0.1) is 11.3 Å². The first-order chi connectivity index (χ1) is 13.7. The molecule has 4 rings (SSSR count). The molecular formula is C19H21N7O2. The molecule has 1 fully saturated rings. The zero-order chi connectivity index (χ0) is 19.5. The third-order valence-corrected chi connectivity index (χ3v) is 4.97. The Morgan fingerprint density at radius 1 is 1.43 bits per heavy atom. The van der Waals surface area contributed by atoms with E-state index in [0.29, 0.717) is 11.6 Å². The van der Waals surface area contributed by atoms with Gasteiger partial charge in [-0.1, -0.05) is 6.07 Å². The molecule has 2 aliphatic heterocycles. The van der Waals surface area contributed by atoms with Crippen molar-refractivity contribution in [1.82, 2.24) is 15.3 Å². The topological polar surface area (TPSA) is 106 Å². The van der Waals surface area contributed by atoms with Crippen molar-refractivity contribution in [1.29, 1.82) is 5.26 Å². The van der Waals surface area contributed by atoms with Gasteiger partial charge >= 0.3 is 0 Å². The van der Waals surface area contributed by atoms with E-state index in [9.17, 15) is 4.79 Å². The summed E-state index contributed by atoms with van der Waals surface area (Å²) >= 11 is 0. The van der Waals surface area contributed by atoms with E-state index in [1.165, 1.54) is 0 Å². The first-order valence-corrected chi connectivity index (χ1v) is 9.11. The van der Waals surface area contributed by atoms with Crippen LogP contribution in [0.5, 0.6) is 0 Å². The highest BCUT2D eigenvalue weighted by molar-refractivity contribution is 5.94. The van der Waals surface area contributed by atoms with E-state index in [1.807, 2.05) is 30.3 Å². The van der Waals surface area contributed by atoms with Crippen molar-refractivity contribution in [2.24, 2.45) is 0 Å². The summed E-state index contributed by atoms with van der Waals surface area (Å²) in [5.41, 5.74) is 1.24. The maximum absolute atomic E-state index is 12.3. The van der Waals surface area contributed by atoms with Crippen LogP contribution in [-0.2, 0) is 4.74 Å². The zero-order valence-electron chi connectivity index (χ0n) is 15.5. The summed E-state index contributed by atoms with van der Waals surface area (Å²) in [4.78, 5) is 25.6. The molecule has 144 valence electrons. The summed E-state index contributed by atoms with van der Waals surface area (Å²) in [6.07, 6.45) is 2.20. The lowest BCUT2D eigenvalue weighted by molar-refractivity contribution is 0.0952. The van der Waals surface area contributed by atoms with E-state index in [4.69, 9.17) is 10.00 Å². The molecule has 2 aliphatic rings. The summed E-state index contributed by atoms with van der Waals surface area (Å²) in [7, 11) is 1.63. The molecule has 1 saturated heterocycles. The van der Waals surface area contributed by atoms with E-state index in [-0.39, 0.29) is 24.2 Å². The minimum absolute atomic E-state index is 0.0575. The van der Waals surface area contributed by atoms with Gasteiger partial charge in [0, 0.05) is 26.4 Å². The Bertz CT molecular complexity index is 899. The van der Waals surface area contributed by atoms with Crippen LogP contribution in [0.2, 0.25) is 0 Å². The van der Waals surface area contributed by atoms with E-state index in [0.717, 1.165) is 25.2 Å². The molecule has 4 heterocycles. The monoisotopic (exact) mass is 379 g/mol. The van der Waals surface area contributed by atoms with Crippen LogP contribution >= 0.6 is 0 Å². The Morgan fingerprint density at radius 3 is 3.07 bits per heavy atom. The highest BCUT2D eigenvalue weighted by Gasteiger charge is 2.41. The number of rotatable bonds is 6. The van der Waals surface area contributed by atoms with Crippen molar-refractivity contribution < 1.29 is 9.53 Å². The number of nitrogens with zero attached hydrogens (tertiary/aromatic N) is 5. The Labute approximate surface area is 162 Å². The molecular weight excluding hydrogens is 358 g/mol. The molecule has 1 unspecified atom stereocenters. The first kappa shape index (κ1) is 18.0. The SMILES string of the molecule is COC(Nc1ccccn1)N1c2nc(C(=O)NCC#N)ccc2N2CC[C@H]1C2. The second-order valence-corrected chi connectivity index (χ2v) is 6.62. The van der Waals surface area contributed by atoms with Crippen molar-refractivity contribution in [3.05, 3.63) is 42.2 Å². The number of nitrogens with one attached hydrogen (secondary N) is 2. The third-order valence-electron chi connectivity index (χ3n) is 4.97. The maximum atomic E-state index is 12.3. The highest BCUT2D eigenvalue weighted by atomic mass is 16.5. The number of fused-ring (bicyclic) bond motifs is 4. The number of hydrogen-bond donors (Lipinski definition) is 2. The minimum atomic E-state index is -0.483. The van der Waals surface area contributed by atoms with Crippen LogP contribution in [0.25, 0.3) is 0 Å². The molecule has 2 aromatic rings. The predicted octanol–water partition coefficient (Wildman–Crippen LogP) is 1.17. The van der Waals surface area contributed by atoms with Crippen LogP contribution < -0.4 is 20.4 Å². The number of carbonyl (C=O) groups is 1. The number of nitriles is 1. The van der Waals surface area contributed by atoms with E-state index in [2.05, 4.69) is 30.4 Å². The molecule has 9 nitrogen and oxygen atoms in total. The molecule has 1 amide bonds. The predicted molar refractivity (Wildman–Crippen MR) is 104 cm³/mol. The van der Waals surface area contributed by atoms with E-state index >= 15 is 0 Å². The lowest BCUT2D eigenvalue weighted by Crippen LogP contribution is -2.52. The van der Waals surface area contributed by atoms with Gasteiger partial charge in [0.25, 0.3) is 5.91 Å². The fourth-order valence-corrected chi connectivity index (χ4v) is 3.69. The van der Waals surface area contributed by atoms with Gasteiger partial charge in [-0.05, 0) is 30.7 Å². The van der Waals surface area contributed by atoms with Crippen LogP contribution in [0.3, 0.4) is 0 Å². The zero-order valence-corrected chi connectivity index (χ0v) is 15.5. The van der Waals surface area contributed by atoms with Gasteiger partial charge in [0.1, 0.15) is 18.1 Å². The molecule has 0 aliphatic carbocycles. The number of anilines is 3. The van der Waals surface area contributed by atoms with Crippen LogP contribution in [0.1, 0.15) is 16.9 Å². The number of amides is 1. The van der Waals surface area contributed by atoms with Gasteiger partial charge in [-0.15, -0.1) is 0 Å². The maximum Gasteiger partial charge on any atom is 0.270 e. The quantitative estimate of drug-likeness (QED) is 0.569. The van der Waals surface area contributed by atoms with Crippen molar-refractivity contribution in [2.75, 3.05) is 41.9 Å². The van der Waals surface area contributed by atoms with E-state index < -0.39 is 6.35 Å². The van der Waals surface area contributed by atoms with Crippen LogP contribution in [-0.4, -0.2) is 55.0 Å². The number of methoxy groups -OCH3 is 1. The molecule has 0 saturated carbocycles. The highest BCUT2D eigenvalue weighted by Crippen LogP contribution is 2.40. The van der Waals surface area contributed by atoms with Crippen molar-refractivity contribution in [3.8, 4) is 6.07 Å². The van der Waals surface area contributed by atoms with Crippen molar-refractivity contribution in [3.63, 3.8) is 0 Å². The summed E-state index contributed by atoms with van der Waals surface area (Å²) in [6.45, 7) is 1.74. The average molecular weight is 379 g/mol. The fourth-order valence-electron chi connectivity index (χ4n) is 3.69. The van der Waals surface area contributed by atoms with Gasteiger partial charge in [0.2, 0.25) is 6.35 Å². The standard InChI is InChI=1S/C19H21N7O2/c1-28-19(24-16-4-2-3-9-21-16)26-13-7-11-25(12-13)15-6-5-14(23-17(15)26)18(27)22-10-8-20/h2-6,9,13,19H,7,10-12H2,1H3,(H,21,24)(H,22,27)/t13-,19?/m0/s1. The van der Waals surface area contributed by atoms with Crippen molar-refractivity contribution >= 4 is 23.2 Å². The Kier molecular flexibility index (Phi) is 4.95. The van der Waals surface area contributed by atoms with Gasteiger partial charge in [-0.2, -0.15) is 5.26 Å². The summed E-state index contributed by atoms with van der Waals surface area (Å²) in [5, 5.41) is 14.5. The Morgan fingerprint density at radius 2 is 2.32 bits per heavy atom. The van der Waals surface area contributed by atoms with Gasteiger partial charge in [-0.25, -0.2) is 9.97 Å². The molecule has 9 heteroatoms. The molecule has 2 aromatic heterocycles. The number of ether oxygens (including phenoxy) is 1. The van der Waals surface area contributed by atoms with Crippen LogP contribution in [0.4, 0.5) is 17.3 Å². The number of carbonyl (C=O) groups excluding carboxylic acids is 1. The van der Waals surface area contributed by atoms with Gasteiger partial charge in [-0.3, -0.25) is 4.79 Å². The van der Waals surface area contributed by atoms with Crippen LogP contribution in [0.15, 0.2) is 36.5 Å². The molecule has 0 aromatic carbocycles. The van der Waals surface area contributed by atoms with E-state index in [1.54, 1.807) is 19.4 Å². The smallest absolute Gasteiger partial charge is 0.270 e. The first-order valence-electron chi connectivity index (χ1n) is 9.11. The molecule has 0 radical (unpaired) electrons. The van der Waals surface area contributed by atoms with Crippen molar-refractivity contribution in [2.45, 2.75) is 18.8 Å².